The molecule has 40 heavy (non-hydrogen) atoms. The van der Waals surface area contributed by atoms with E-state index in [0.717, 1.165) is 17.0 Å². The lowest BCUT2D eigenvalue weighted by Gasteiger charge is -2.33. The third-order valence-electron chi connectivity index (χ3n) is 6.07. The highest BCUT2D eigenvalue weighted by Gasteiger charge is 2.32. The van der Waals surface area contributed by atoms with E-state index >= 15 is 0 Å². The van der Waals surface area contributed by atoms with E-state index in [2.05, 4.69) is 5.32 Å². The second-order valence-corrected chi connectivity index (χ2v) is 11.9. The fourth-order valence-electron chi connectivity index (χ4n) is 4.04. The summed E-state index contributed by atoms with van der Waals surface area (Å²) in [5.41, 5.74) is 0.860. The molecule has 0 aliphatic heterocycles. The van der Waals surface area contributed by atoms with Crippen LogP contribution in [0.25, 0.3) is 0 Å². The fourth-order valence-corrected chi connectivity index (χ4v) is 5.36. The van der Waals surface area contributed by atoms with E-state index < -0.39 is 28.5 Å². The summed E-state index contributed by atoms with van der Waals surface area (Å²) in [6.45, 7) is 3.65. The van der Waals surface area contributed by atoms with Crippen LogP contribution in [0.5, 0.6) is 11.5 Å². The predicted molar refractivity (Wildman–Crippen MR) is 160 cm³/mol. The zero-order valence-electron chi connectivity index (χ0n) is 22.6. The topological polar surface area (TPSA) is 96.0 Å². The number of rotatable bonds is 13. The molecule has 0 aliphatic rings. The van der Waals surface area contributed by atoms with Gasteiger partial charge in [0.25, 0.3) is 0 Å². The summed E-state index contributed by atoms with van der Waals surface area (Å²) in [5.74, 6) is 0.261. The van der Waals surface area contributed by atoms with Crippen molar-refractivity contribution in [3.63, 3.8) is 0 Å². The number of benzene rings is 3. The molecular weight excluding hydrogens is 573 g/mol. The normalized spacial score (nSPS) is 11.9. The van der Waals surface area contributed by atoms with Gasteiger partial charge < -0.3 is 15.0 Å². The lowest BCUT2D eigenvalue weighted by Crippen LogP contribution is -2.52. The highest BCUT2D eigenvalue weighted by molar-refractivity contribution is 7.92. The molecule has 2 amide bonds. The van der Waals surface area contributed by atoms with Crippen molar-refractivity contribution in [1.82, 2.24) is 10.2 Å². The van der Waals surface area contributed by atoms with Crippen molar-refractivity contribution in [2.75, 3.05) is 23.7 Å². The van der Waals surface area contributed by atoms with Crippen LogP contribution in [0.3, 0.4) is 0 Å². The standard InChI is InChI=1S/C29H33Cl2N3O5S/c1-4-17-32-29(36)27(5-2)33(19-21-11-12-22(30)18-26(21)31)28(35)20-34(40(3,37)38)23-13-15-25(16-14-23)39-24-9-7-6-8-10-24/h6-16,18,27H,4-5,17,19-20H2,1-3H3,(H,32,36)/t27-/m0/s1. The van der Waals surface area contributed by atoms with Crippen LogP contribution in [0.2, 0.25) is 10.0 Å². The molecule has 0 aromatic heterocycles. The van der Waals surface area contributed by atoms with E-state index in [0.29, 0.717) is 40.1 Å². The Morgan fingerprint density at radius 3 is 2.17 bits per heavy atom. The molecule has 3 rings (SSSR count). The summed E-state index contributed by atoms with van der Waals surface area (Å²) in [5, 5.41) is 3.61. The zero-order valence-corrected chi connectivity index (χ0v) is 25.0. The van der Waals surface area contributed by atoms with Gasteiger partial charge in [0.15, 0.2) is 0 Å². The quantitative estimate of drug-likeness (QED) is 0.262. The molecule has 0 fully saturated rings. The maximum atomic E-state index is 13.8. The van der Waals surface area contributed by atoms with Crippen LogP contribution in [0.4, 0.5) is 5.69 Å². The number of hydrogen-bond donors (Lipinski definition) is 1. The Morgan fingerprint density at radius 2 is 1.60 bits per heavy atom. The van der Waals surface area contributed by atoms with Gasteiger partial charge in [0.2, 0.25) is 21.8 Å². The van der Waals surface area contributed by atoms with Crippen molar-refractivity contribution < 1.29 is 22.7 Å². The minimum absolute atomic E-state index is 0.00561. The molecule has 3 aromatic rings. The van der Waals surface area contributed by atoms with E-state index in [9.17, 15) is 18.0 Å². The molecule has 1 atom stereocenters. The number of amides is 2. The van der Waals surface area contributed by atoms with E-state index in [1.54, 1.807) is 61.5 Å². The summed E-state index contributed by atoms with van der Waals surface area (Å²) in [4.78, 5) is 28.2. The van der Waals surface area contributed by atoms with Crippen molar-refractivity contribution >= 4 is 50.7 Å². The minimum Gasteiger partial charge on any atom is -0.457 e. The van der Waals surface area contributed by atoms with Crippen molar-refractivity contribution in [3.8, 4) is 11.5 Å². The lowest BCUT2D eigenvalue weighted by atomic mass is 10.1. The van der Waals surface area contributed by atoms with Gasteiger partial charge >= 0.3 is 0 Å². The predicted octanol–water partition coefficient (Wildman–Crippen LogP) is 5.89. The molecule has 0 radical (unpaired) electrons. The van der Waals surface area contributed by atoms with Gasteiger partial charge in [-0.05, 0) is 66.9 Å². The van der Waals surface area contributed by atoms with Crippen LogP contribution >= 0.6 is 23.2 Å². The fraction of sp³-hybridized carbons (Fsp3) is 0.310. The first-order valence-electron chi connectivity index (χ1n) is 12.8. The van der Waals surface area contributed by atoms with Gasteiger partial charge in [0, 0.05) is 23.1 Å². The van der Waals surface area contributed by atoms with Gasteiger partial charge in [-0.3, -0.25) is 13.9 Å². The molecule has 0 heterocycles. The highest BCUT2D eigenvalue weighted by atomic mass is 35.5. The lowest BCUT2D eigenvalue weighted by molar-refractivity contribution is -0.140. The van der Waals surface area contributed by atoms with E-state index in [4.69, 9.17) is 27.9 Å². The van der Waals surface area contributed by atoms with Gasteiger partial charge in [0.05, 0.1) is 11.9 Å². The van der Waals surface area contributed by atoms with Crippen molar-refractivity contribution in [2.45, 2.75) is 39.3 Å². The average molecular weight is 607 g/mol. The number of sulfonamides is 1. The number of halogens is 2. The molecule has 0 bridgehead atoms. The summed E-state index contributed by atoms with van der Waals surface area (Å²) in [7, 11) is -3.87. The molecule has 0 aliphatic carbocycles. The molecular formula is C29H33Cl2N3O5S. The molecule has 0 saturated heterocycles. The SMILES string of the molecule is CCCNC(=O)[C@H](CC)N(Cc1ccc(Cl)cc1Cl)C(=O)CN(c1ccc(Oc2ccccc2)cc1)S(C)(=O)=O. The first-order valence-corrected chi connectivity index (χ1v) is 15.5. The Labute approximate surface area is 245 Å². The molecule has 3 aromatic carbocycles. The van der Waals surface area contributed by atoms with Crippen LogP contribution in [0.15, 0.2) is 72.8 Å². The molecule has 1 N–H and O–H groups in total. The third kappa shape index (κ3) is 8.61. The number of hydrogen-bond acceptors (Lipinski definition) is 5. The Kier molecular flexibility index (Phi) is 11.2. The first-order chi connectivity index (χ1) is 19.0. The van der Waals surface area contributed by atoms with Crippen LogP contribution in [-0.2, 0) is 26.2 Å². The highest BCUT2D eigenvalue weighted by Crippen LogP contribution is 2.27. The number of nitrogens with one attached hydrogen (secondary N) is 1. The van der Waals surface area contributed by atoms with Gasteiger partial charge in [-0.2, -0.15) is 0 Å². The number of para-hydroxylation sites is 1. The number of anilines is 1. The Hall–Kier alpha value is -3.27. The molecule has 0 saturated carbocycles. The van der Waals surface area contributed by atoms with Crippen LogP contribution in [0, 0.1) is 0 Å². The maximum absolute atomic E-state index is 13.8. The van der Waals surface area contributed by atoms with E-state index in [-0.39, 0.29) is 18.1 Å². The second-order valence-electron chi connectivity index (χ2n) is 9.15. The minimum atomic E-state index is -3.87. The number of ether oxygens (including phenoxy) is 1. The monoisotopic (exact) mass is 605 g/mol. The number of nitrogens with zero attached hydrogens (tertiary/aromatic N) is 2. The Balaban J connectivity index is 1.91. The Morgan fingerprint density at radius 1 is 0.950 bits per heavy atom. The van der Waals surface area contributed by atoms with E-state index in [1.165, 1.54) is 4.90 Å². The van der Waals surface area contributed by atoms with Crippen molar-refractivity contribution in [3.05, 3.63) is 88.4 Å². The van der Waals surface area contributed by atoms with Gasteiger partial charge in [0.1, 0.15) is 24.1 Å². The summed E-state index contributed by atoms with van der Waals surface area (Å²) in [6.07, 6.45) is 2.07. The largest absolute Gasteiger partial charge is 0.457 e. The number of carbonyl (C=O) groups excluding carboxylic acids is 2. The molecule has 214 valence electrons. The smallest absolute Gasteiger partial charge is 0.244 e. The summed E-state index contributed by atoms with van der Waals surface area (Å²) >= 11 is 12.4. The summed E-state index contributed by atoms with van der Waals surface area (Å²) in [6, 6.07) is 19.6. The van der Waals surface area contributed by atoms with E-state index in [1.807, 2.05) is 25.1 Å². The van der Waals surface area contributed by atoms with Crippen LogP contribution < -0.4 is 14.4 Å². The van der Waals surface area contributed by atoms with Crippen LogP contribution in [0.1, 0.15) is 32.3 Å². The Bertz CT molecular complexity index is 1400. The van der Waals surface area contributed by atoms with Gasteiger partial charge in [-0.25, -0.2) is 8.42 Å². The first kappa shape index (κ1) is 31.3. The van der Waals surface area contributed by atoms with Crippen molar-refractivity contribution in [2.24, 2.45) is 0 Å². The van der Waals surface area contributed by atoms with Gasteiger partial charge in [-0.15, -0.1) is 0 Å². The molecule has 0 unspecified atom stereocenters. The average Bonchev–Trinajstić information content (AvgIpc) is 2.92. The molecule has 0 spiro atoms. The van der Waals surface area contributed by atoms with Gasteiger partial charge in [-0.1, -0.05) is 61.3 Å². The summed E-state index contributed by atoms with van der Waals surface area (Å²) < 4.78 is 32.5. The van der Waals surface area contributed by atoms with Crippen molar-refractivity contribution in [1.29, 1.82) is 0 Å². The zero-order chi connectivity index (χ0) is 29.3. The third-order valence-corrected chi connectivity index (χ3v) is 7.80. The molecule has 11 heteroatoms. The second kappa shape index (κ2) is 14.4. The maximum Gasteiger partial charge on any atom is 0.244 e. The molecule has 8 nitrogen and oxygen atoms in total. The number of carbonyl (C=O) groups is 2. The van der Waals surface area contributed by atoms with Crippen LogP contribution in [-0.4, -0.2) is 50.5 Å².